The Balaban J connectivity index is 1.91. The van der Waals surface area contributed by atoms with Gasteiger partial charge in [-0.05, 0) is 6.42 Å². The standard InChI is InChI=1S/C16H32N2O8/c1-2-7-9(3-19)25-11(12(17)14(7)21)6-24-5-8-10(4-20)26-16(23)13(18)15(8)22/h7-16,19-23H,2-6,17-18H2,1H3/t7?,8?,9?,10?,11-,12+,13-,14?,15?,16+/m0/s1. The van der Waals surface area contributed by atoms with Gasteiger partial charge >= 0.3 is 0 Å². The highest BCUT2D eigenvalue weighted by atomic mass is 16.6. The number of rotatable bonds is 7. The number of hydrogen-bond donors (Lipinski definition) is 7. The molecule has 2 aliphatic rings. The van der Waals surface area contributed by atoms with Crippen molar-refractivity contribution >= 4 is 0 Å². The SMILES string of the molecule is CCC1C(CO)O[C@@H](COCC2C(CO)O[C@@H](O)[C@@H](N)C2O)[C@@H](N)C1O. The zero-order chi connectivity index (χ0) is 19.4. The van der Waals surface area contributed by atoms with E-state index in [4.69, 9.17) is 25.7 Å². The van der Waals surface area contributed by atoms with Crippen molar-refractivity contribution in [2.75, 3.05) is 26.4 Å². The van der Waals surface area contributed by atoms with Crippen LogP contribution >= 0.6 is 0 Å². The number of aliphatic hydroxyl groups is 5. The Morgan fingerprint density at radius 1 is 0.808 bits per heavy atom. The van der Waals surface area contributed by atoms with E-state index in [-0.39, 0.29) is 25.7 Å². The second-order valence-corrected chi connectivity index (χ2v) is 7.05. The first-order valence-electron chi connectivity index (χ1n) is 9.01. The summed E-state index contributed by atoms with van der Waals surface area (Å²) in [4.78, 5) is 0. The summed E-state index contributed by atoms with van der Waals surface area (Å²) in [6.07, 6.45) is -4.65. The summed E-state index contributed by atoms with van der Waals surface area (Å²) in [7, 11) is 0. The van der Waals surface area contributed by atoms with Gasteiger partial charge in [0.2, 0.25) is 0 Å². The molecular formula is C16H32N2O8. The van der Waals surface area contributed by atoms with E-state index in [0.717, 1.165) is 0 Å². The van der Waals surface area contributed by atoms with Crippen LogP contribution in [0.15, 0.2) is 0 Å². The van der Waals surface area contributed by atoms with Gasteiger partial charge in [0.25, 0.3) is 0 Å². The average molecular weight is 380 g/mol. The minimum atomic E-state index is -1.36. The van der Waals surface area contributed by atoms with E-state index in [1.54, 1.807) is 0 Å². The number of aliphatic hydroxyl groups excluding tert-OH is 5. The minimum Gasteiger partial charge on any atom is -0.394 e. The normalized spacial score (nSPS) is 47.1. The molecule has 0 aliphatic carbocycles. The largest absolute Gasteiger partial charge is 0.394 e. The predicted molar refractivity (Wildman–Crippen MR) is 89.8 cm³/mol. The molecule has 2 saturated heterocycles. The van der Waals surface area contributed by atoms with E-state index in [2.05, 4.69) is 0 Å². The van der Waals surface area contributed by atoms with Crippen molar-refractivity contribution in [1.82, 2.24) is 0 Å². The first kappa shape index (κ1) is 21.9. The van der Waals surface area contributed by atoms with Crippen LogP contribution in [0, 0.1) is 11.8 Å². The molecule has 26 heavy (non-hydrogen) atoms. The molecule has 0 spiro atoms. The van der Waals surface area contributed by atoms with E-state index < -0.39 is 61.4 Å². The molecule has 2 aliphatic heterocycles. The Morgan fingerprint density at radius 2 is 1.38 bits per heavy atom. The molecule has 6 unspecified atom stereocenters. The van der Waals surface area contributed by atoms with Gasteiger partial charge in [-0.1, -0.05) is 6.92 Å². The van der Waals surface area contributed by atoms with Crippen LogP contribution in [0.2, 0.25) is 0 Å². The molecule has 10 heteroatoms. The van der Waals surface area contributed by atoms with Gasteiger partial charge in [0.15, 0.2) is 6.29 Å². The zero-order valence-corrected chi connectivity index (χ0v) is 14.9. The van der Waals surface area contributed by atoms with Crippen molar-refractivity contribution in [2.24, 2.45) is 23.3 Å². The van der Waals surface area contributed by atoms with Gasteiger partial charge in [-0.15, -0.1) is 0 Å². The molecular weight excluding hydrogens is 348 g/mol. The lowest BCUT2D eigenvalue weighted by molar-refractivity contribution is -0.242. The third-order valence-corrected chi connectivity index (χ3v) is 5.47. The molecule has 10 nitrogen and oxygen atoms in total. The van der Waals surface area contributed by atoms with E-state index >= 15 is 0 Å². The quantitative estimate of drug-likeness (QED) is 0.234. The highest BCUT2D eigenvalue weighted by Gasteiger charge is 2.44. The summed E-state index contributed by atoms with van der Waals surface area (Å²) < 4.78 is 16.5. The van der Waals surface area contributed by atoms with Gasteiger partial charge in [-0.25, -0.2) is 0 Å². The average Bonchev–Trinajstić information content (AvgIpc) is 2.64. The first-order chi connectivity index (χ1) is 12.3. The number of nitrogens with two attached hydrogens (primary N) is 2. The molecule has 0 bridgehead atoms. The lowest BCUT2D eigenvalue weighted by atomic mass is 9.84. The van der Waals surface area contributed by atoms with Crippen molar-refractivity contribution in [2.45, 2.75) is 62.2 Å². The van der Waals surface area contributed by atoms with Gasteiger partial charge in [-0.3, -0.25) is 0 Å². The van der Waals surface area contributed by atoms with E-state index in [9.17, 15) is 25.5 Å². The minimum absolute atomic E-state index is 0.00349. The van der Waals surface area contributed by atoms with Gasteiger partial charge in [0.05, 0.1) is 69.0 Å². The lowest BCUT2D eigenvalue weighted by Gasteiger charge is -2.43. The van der Waals surface area contributed by atoms with E-state index in [0.29, 0.717) is 6.42 Å². The van der Waals surface area contributed by atoms with E-state index in [1.165, 1.54) is 0 Å². The molecule has 2 heterocycles. The Morgan fingerprint density at radius 3 is 1.96 bits per heavy atom. The molecule has 2 fully saturated rings. The Labute approximate surface area is 152 Å². The molecule has 154 valence electrons. The fourth-order valence-electron chi connectivity index (χ4n) is 3.72. The predicted octanol–water partition coefficient (Wildman–Crippen LogP) is -3.51. The lowest BCUT2D eigenvalue weighted by Crippen LogP contribution is -2.61. The molecule has 0 amide bonds. The Bertz CT molecular complexity index is 427. The molecule has 0 radical (unpaired) electrons. The highest BCUT2D eigenvalue weighted by molar-refractivity contribution is 4.94. The van der Waals surface area contributed by atoms with Crippen LogP contribution in [-0.4, -0.2) is 101 Å². The van der Waals surface area contributed by atoms with Crippen molar-refractivity contribution in [1.29, 1.82) is 0 Å². The van der Waals surface area contributed by atoms with E-state index in [1.807, 2.05) is 6.92 Å². The summed E-state index contributed by atoms with van der Waals surface area (Å²) in [6.45, 7) is 1.28. The van der Waals surface area contributed by atoms with Crippen LogP contribution in [0.4, 0.5) is 0 Å². The molecule has 0 aromatic heterocycles. The first-order valence-corrected chi connectivity index (χ1v) is 9.01. The van der Waals surface area contributed by atoms with Gasteiger partial charge < -0.3 is 51.2 Å². The maximum absolute atomic E-state index is 10.3. The third-order valence-electron chi connectivity index (χ3n) is 5.47. The van der Waals surface area contributed by atoms with Crippen LogP contribution < -0.4 is 11.5 Å². The molecule has 10 atom stereocenters. The molecule has 0 saturated carbocycles. The maximum Gasteiger partial charge on any atom is 0.172 e. The Kier molecular flexibility index (Phi) is 8.16. The summed E-state index contributed by atoms with van der Waals surface area (Å²) in [5, 5.41) is 49.0. The van der Waals surface area contributed by atoms with Crippen molar-refractivity contribution < 1.29 is 39.7 Å². The topological polar surface area (TPSA) is 181 Å². The second kappa shape index (κ2) is 9.69. The number of hydrogen-bond acceptors (Lipinski definition) is 10. The fourth-order valence-corrected chi connectivity index (χ4v) is 3.72. The molecule has 2 rings (SSSR count). The van der Waals surface area contributed by atoms with Crippen LogP contribution in [0.5, 0.6) is 0 Å². The van der Waals surface area contributed by atoms with Crippen LogP contribution in [0.1, 0.15) is 13.3 Å². The summed E-state index contributed by atoms with van der Waals surface area (Å²) in [5.74, 6) is -0.891. The monoisotopic (exact) mass is 380 g/mol. The van der Waals surface area contributed by atoms with Gasteiger partial charge in [-0.2, -0.15) is 0 Å². The smallest absolute Gasteiger partial charge is 0.172 e. The maximum atomic E-state index is 10.3. The van der Waals surface area contributed by atoms with Crippen LogP contribution in [0.25, 0.3) is 0 Å². The molecule has 9 N–H and O–H groups in total. The summed E-state index contributed by atoms with van der Waals surface area (Å²) >= 11 is 0. The molecule has 0 aromatic rings. The second-order valence-electron chi connectivity index (χ2n) is 7.05. The summed E-state index contributed by atoms with van der Waals surface area (Å²) in [6, 6.07) is -1.68. The third kappa shape index (κ3) is 4.53. The number of ether oxygens (including phenoxy) is 3. The highest BCUT2D eigenvalue weighted by Crippen LogP contribution is 2.28. The van der Waals surface area contributed by atoms with Crippen molar-refractivity contribution in [3.8, 4) is 0 Å². The zero-order valence-electron chi connectivity index (χ0n) is 14.9. The summed E-state index contributed by atoms with van der Waals surface area (Å²) in [5.41, 5.74) is 11.7. The molecule has 0 aromatic carbocycles. The van der Waals surface area contributed by atoms with Crippen molar-refractivity contribution in [3.63, 3.8) is 0 Å². The Hall–Kier alpha value is -0.400. The van der Waals surface area contributed by atoms with Gasteiger partial charge in [0, 0.05) is 11.8 Å². The van der Waals surface area contributed by atoms with Gasteiger partial charge in [0.1, 0.15) is 0 Å². The van der Waals surface area contributed by atoms with Crippen LogP contribution in [0.3, 0.4) is 0 Å². The fraction of sp³-hybridized carbons (Fsp3) is 1.00. The van der Waals surface area contributed by atoms with Crippen LogP contribution in [-0.2, 0) is 14.2 Å². The van der Waals surface area contributed by atoms with Crippen molar-refractivity contribution in [3.05, 3.63) is 0 Å².